The monoisotopic (exact) mass is 322 g/mol. The van der Waals surface area contributed by atoms with E-state index in [-0.39, 0.29) is 5.56 Å². The van der Waals surface area contributed by atoms with Gasteiger partial charge in [0.15, 0.2) is 0 Å². The Hall–Kier alpha value is -1.62. The van der Waals surface area contributed by atoms with Crippen molar-refractivity contribution in [2.24, 2.45) is 0 Å². The second kappa shape index (κ2) is 5.17. The Balaban J connectivity index is 2.54. The number of nitrogens with zero attached hydrogens (tertiary/aromatic N) is 2. The number of hydrogen-bond acceptors (Lipinski definition) is 2. The van der Waals surface area contributed by atoms with Crippen molar-refractivity contribution in [3.8, 4) is 5.69 Å². The zero-order chi connectivity index (χ0) is 14.2. The molecule has 1 aromatic heterocycles. The maximum atomic E-state index is 11.0. The molecule has 100 valence electrons. The second-order valence-electron chi connectivity index (χ2n) is 4.38. The molecule has 0 bridgehead atoms. The third-order valence-electron chi connectivity index (χ3n) is 3.22. The Bertz CT molecular complexity index is 647. The SMILES string of the molecule is CCc1c(C)nn(-c2ccc(C(=O)O)c(Br)c2)c1C. The van der Waals surface area contributed by atoms with Crippen LogP contribution in [0.4, 0.5) is 0 Å². The average Bonchev–Trinajstić information content (AvgIpc) is 2.63. The Morgan fingerprint density at radius 3 is 2.58 bits per heavy atom. The first-order valence-corrected chi connectivity index (χ1v) is 6.83. The van der Waals surface area contributed by atoms with Crippen LogP contribution >= 0.6 is 15.9 Å². The van der Waals surface area contributed by atoms with Crippen molar-refractivity contribution in [2.45, 2.75) is 27.2 Å². The Labute approximate surface area is 120 Å². The van der Waals surface area contributed by atoms with E-state index in [4.69, 9.17) is 5.11 Å². The number of benzene rings is 1. The molecule has 1 N–H and O–H groups in total. The summed E-state index contributed by atoms with van der Waals surface area (Å²) < 4.78 is 2.41. The van der Waals surface area contributed by atoms with Gasteiger partial charge in [0, 0.05) is 10.2 Å². The molecule has 0 aliphatic carbocycles. The molecule has 0 radical (unpaired) electrons. The molecule has 0 saturated carbocycles. The van der Waals surface area contributed by atoms with E-state index in [9.17, 15) is 4.79 Å². The van der Waals surface area contributed by atoms with E-state index >= 15 is 0 Å². The van der Waals surface area contributed by atoms with Gasteiger partial charge in [-0.05, 0) is 60.0 Å². The van der Waals surface area contributed by atoms with Crippen molar-refractivity contribution in [2.75, 3.05) is 0 Å². The average molecular weight is 323 g/mol. The molecule has 2 aromatic rings. The van der Waals surface area contributed by atoms with Crippen LogP contribution in [0.5, 0.6) is 0 Å². The molecule has 4 nitrogen and oxygen atoms in total. The van der Waals surface area contributed by atoms with Crippen molar-refractivity contribution < 1.29 is 9.90 Å². The molecule has 2 rings (SSSR count). The summed E-state index contributed by atoms with van der Waals surface area (Å²) in [5, 5.41) is 13.5. The molecule has 19 heavy (non-hydrogen) atoms. The zero-order valence-corrected chi connectivity index (χ0v) is 12.7. The molecule has 0 aliphatic heterocycles. The first-order chi connectivity index (χ1) is 8.95. The minimum atomic E-state index is -0.943. The number of aromatic carboxylic acids is 1. The quantitative estimate of drug-likeness (QED) is 0.940. The molecular weight excluding hydrogens is 308 g/mol. The number of carboxylic acids is 1. The summed E-state index contributed by atoms with van der Waals surface area (Å²) in [7, 11) is 0. The molecular formula is C14H15BrN2O2. The third-order valence-corrected chi connectivity index (χ3v) is 3.88. The summed E-state index contributed by atoms with van der Waals surface area (Å²) in [6, 6.07) is 5.14. The molecule has 0 atom stereocenters. The third kappa shape index (κ3) is 2.42. The van der Waals surface area contributed by atoms with Crippen molar-refractivity contribution in [1.29, 1.82) is 0 Å². The number of carboxylic acid groups (broad SMARTS) is 1. The lowest BCUT2D eigenvalue weighted by Gasteiger charge is -2.07. The van der Waals surface area contributed by atoms with Gasteiger partial charge in [-0.15, -0.1) is 0 Å². The van der Waals surface area contributed by atoms with E-state index in [1.54, 1.807) is 18.2 Å². The fraction of sp³-hybridized carbons (Fsp3) is 0.286. The van der Waals surface area contributed by atoms with Crippen LogP contribution in [-0.4, -0.2) is 20.9 Å². The predicted octanol–water partition coefficient (Wildman–Crippen LogP) is 3.51. The number of halogens is 1. The molecule has 0 saturated heterocycles. The van der Waals surface area contributed by atoms with Crippen LogP contribution in [0, 0.1) is 13.8 Å². The molecule has 0 spiro atoms. The summed E-state index contributed by atoms with van der Waals surface area (Å²) in [5.74, 6) is -0.943. The predicted molar refractivity (Wildman–Crippen MR) is 77.1 cm³/mol. The Morgan fingerprint density at radius 1 is 1.42 bits per heavy atom. The fourth-order valence-electron chi connectivity index (χ4n) is 2.25. The molecule has 5 heteroatoms. The van der Waals surface area contributed by atoms with Gasteiger partial charge >= 0.3 is 5.97 Å². The minimum absolute atomic E-state index is 0.251. The molecule has 0 unspecified atom stereocenters. The van der Waals surface area contributed by atoms with Gasteiger partial charge in [-0.2, -0.15) is 5.10 Å². The van der Waals surface area contributed by atoms with Crippen LogP contribution in [0.3, 0.4) is 0 Å². The van der Waals surface area contributed by atoms with Gasteiger partial charge in [0.1, 0.15) is 0 Å². The van der Waals surface area contributed by atoms with E-state index in [1.165, 1.54) is 5.56 Å². The minimum Gasteiger partial charge on any atom is -0.478 e. The lowest BCUT2D eigenvalue weighted by atomic mass is 10.1. The maximum absolute atomic E-state index is 11.0. The van der Waals surface area contributed by atoms with E-state index in [2.05, 4.69) is 28.0 Å². The van der Waals surface area contributed by atoms with Gasteiger partial charge < -0.3 is 5.11 Å². The second-order valence-corrected chi connectivity index (χ2v) is 5.24. The number of hydrogen-bond donors (Lipinski definition) is 1. The number of aromatic nitrogens is 2. The first kappa shape index (κ1) is 13.8. The molecule has 0 amide bonds. The molecule has 1 heterocycles. The van der Waals surface area contributed by atoms with Crippen LogP contribution in [0.1, 0.15) is 34.2 Å². The highest BCUT2D eigenvalue weighted by Gasteiger charge is 2.13. The number of rotatable bonds is 3. The number of carbonyl (C=O) groups is 1. The highest BCUT2D eigenvalue weighted by molar-refractivity contribution is 9.10. The zero-order valence-electron chi connectivity index (χ0n) is 11.1. The van der Waals surface area contributed by atoms with Gasteiger partial charge in [0.05, 0.1) is 16.9 Å². The van der Waals surface area contributed by atoms with Crippen LogP contribution in [-0.2, 0) is 6.42 Å². The Morgan fingerprint density at radius 2 is 2.11 bits per heavy atom. The maximum Gasteiger partial charge on any atom is 0.336 e. The summed E-state index contributed by atoms with van der Waals surface area (Å²) >= 11 is 3.29. The highest BCUT2D eigenvalue weighted by atomic mass is 79.9. The highest BCUT2D eigenvalue weighted by Crippen LogP contribution is 2.23. The molecule has 0 fully saturated rings. The summed E-state index contributed by atoms with van der Waals surface area (Å²) in [6.45, 7) is 6.12. The van der Waals surface area contributed by atoms with Crippen molar-refractivity contribution in [3.63, 3.8) is 0 Å². The standard InChI is InChI=1S/C14H15BrN2O2/c1-4-11-8(2)16-17(9(11)3)10-5-6-12(14(18)19)13(15)7-10/h5-7H,4H2,1-3H3,(H,18,19). The van der Waals surface area contributed by atoms with Gasteiger partial charge in [-0.3, -0.25) is 0 Å². The van der Waals surface area contributed by atoms with Gasteiger partial charge in [0.2, 0.25) is 0 Å². The smallest absolute Gasteiger partial charge is 0.336 e. The normalized spacial score (nSPS) is 10.7. The lowest BCUT2D eigenvalue weighted by Crippen LogP contribution is -2.03. The molecule has 1 aromatic carbocycles. The van der Waals surface area contributed by atoms with Crippen molar-refractivity contribution in [1.82, 2.24) is 9.78 Å². The van der Waals surface area contributed by atoms with Crippen molar-refractivity contribution >= 4 is 21.9 Å². The van der Waals surface area contributed by atoms with Crippen LogP contribution in [0.25, 0.3) is 5.69 Å². The van der Waals surface area contributed by atoms with E-state index in [1.807, 2.05) is 18.5 Å². The van der Waals surface area contributed by atoms with E-state index in [0.717, 1.165) is 23.5 Å². The fourth-order valence-corrected chi connectivity index (χ4v) is 2.78. The van der Waals surface area contributed by atoms with Crippen LogP contribution in [0.15, 0.2) is 22.7 Å². The lowest BCUT2D eigenvalue weighted by molar-refractivity contribution is 0.0696. The molecule has 0 aliphatic rings. The van der Waals surface area contributed by atoms with Gasteiger partial charge in [-0.25, -0.2) is 9.48 Å². The topological polar surface area (TPSA) is 55.1 Å². The van der Waals surface area contributed by atoms with E-state index < -0.39 is 5.97 Å². The van der Waals surface area contributed by atoms with Crippen molar-refractivity contribution in [3.05, 3.63) is 45.2 Å². The largest absolute Gasteiger partial charge is 0.478 e. The van der Waals surface area contributed by atoms with Gasteiger partial charge in [-0.1, -0.05) is 6.92 Å². The summed E-state index contributed by atoms with van der Waals surface area (Å²) in [5.41, 5.74) is 4.45. The van der Waals surface area contributed by atoms with Crippen LogP contribution < -0.4 is 0 Å². The summed E-state index contributed by atoms with van der Waals surface area (Å²) in [4.78, 5) is 11.0. The number of aryl methyl sites for hydroxylation is 1. The first-order valence-electron chi connectivity index (χ1n) is 6.04. The Kier molecular flexibility index (Phi) is 3.75. The van der Waals surface area contributed by atoms with Gasteiger partial charge in [0.25, 0.3) is 0 Å². The summed E-state index contributed by atoms with van der Waals surface area (Å²) in [6.07, 6.45) is 0.937. The van der Waals surface area contributed by atoms with Crippen LogP contribution in [0.2, 0.25) is 0 Å². The van der Waals surface area contributed by atoms with E-state index in [0.29, 0.717) is 4.47 Å².